The molecule has 1 aliphatic heterocycles. The van der Waals surface area contributed by atoms with E-state index in [9.17, 15) is 0 Å². The van der Waals surface area contributed by atoms with Gasteiger partial charge in [0.25, 0.3) is 0 Å². The number of aryl methyl sites for hydroxylation is 1. The second kappa shape index (κ2) is 3.74. The van der Waals surface area contributed by atoms with Gasteiger partial charge in [0.2, 0.25) is 0 Å². The molecule has 0 saturated heterocycles. The summed E-state index contributed by atoms with van der Waals surface area (Å²) in [5, 5.41) is 0. The van der Waals surface area contributed by atoms with Gasteiger partial charge in [-0.05, 0) is 37.8 Å². The van der Waals surface area contributed by atoms with E-state index in [-0.39, 0.29) is 0 Å². The predicted octanol–water partition coefficient (Wildman–Crippen LogP) is 3.50. The van der Waals surface area contributed by atoms with Gasteiger partial charge in [-0.2, -0.15) is 0 Å². The molecule has 2 aromatic rings. The van der Waals surface area contributed by atoms with Crippen molar-refractivity contribution in [1.29, 1.82) is 0 Å². The quantitative estimate of drug-likeness (QED) is 0.735. The molecular formula is C13H16N2S. The highest BCUT2D eigenvalue weighted by Gasteiger charge is 2.19. The summed E-state index contributed by atoms with van der Waals surface area (Å²) in [6.07, 6.45) is 4.51. The average Bonchev–Trinajstić information content (AvgIpc) is 2.83. The normalized spacial score (nSPS) is 19.8. The third kappa shape index (κ3) is 1.59. The highest BCUT2D eigenvalue weighted by molar-refractivity contribution is 7.15. The molecule has 0 bridgehead atoms. The Morgan fingerprint density at radius 2 is 2.31 bits per heavy atom. The van der Waals surface area contributed by atoms with Crippen LogP contribution < -0.4 is 0 Å². The van der Waals surface area contributed by atoms with Gasteiger partial charge in [0.05, 0.1) is 4.88 Å². The van der Waals surface area contributed by atoms with Crippen molar-refractivity contribution < 1.29 is 0 Å². The van der Waals surface area contributed by atoms with Crippen molar-refractivity contribution in [3.63, 3.8) is 0 Å². The molecule has 0 fully saturated rings. The van der Waals surface area contributed by atoms with Gasteiger partial charge < -0.3 is 4.57 Å². The second-order valence-electron chi connectivity index (χ2n) is 4.73. The Morgan fingerprint density at radius 1 is 1.44 bits per heavy atom. The lowest BCUT2D eigenvalue weighted by Crippen LogP contribution is -2.16. The summed E-state index contributed by atoms with van der Waals surface area (Å²) in [4.78, 5) is 7.25. The van der Waals surface area contributed by atoms with E-state index in [1.54, 1.807) is 0 Å². The van der Waals surface area contributed by atoms with E-state index in [4.69, 9.17) is 0 Å². The second-order valence-corrected chi connectivity index (χ2v) is 6.02. The van der Waals surface area contributed by atoms with Crippen molar-refractivity contribution in [3.05, 3.63) is 28.9 Å². The molecule has 3 heterocycles. The van der Waals surface area contributed by atoms with E-state index < -0.39 is 0 Å². The lowest BCUT2D eigenvalue weighted by Gasteiger charge is -2.21. The Hall–Kier alpha value is -1.09. The molecule has 3 heteroatoms. The van der Waals surface area contributed by atoms with Gasteiger partial charge in [-0.3, -0.25) is 0 Å². The molecule has 84 valence electrons. The van der Waals surface area contributed by atoms with Gasteiger partial charge in [0, 0.05) is 23.3 Å². The molecule has 0 N–H and O–H groups in total. The maximum atomic E-state index is 4.59. The van der Waals surface area contributed by atoms with Crippen LogP contribution >= 0.6 is 11.3 Å². The average molecular weight is 232 g/mol. The Labute approximate surface area is 100.0 Å². The van der Waals surface area contributed by atoms with Crippen LogP contribution in [-0.4, -0.2) is 9.55 Å². The van der Waals surface area contributed by atoms with Crippen molar-refractivity contribution in [2.24, 2.45) is 5.92 Å². The first-order valence-electron chi connectivity index (χ1n) is 5.85. The fourth-order valence-corrected chi connectivity index (χ4v) is 3.26. The van der Waals surface area contributed by atoms with Crippen molar-refractivity contribution in [2.45, 2.75) is 33.2 Å². The first kappa shape index (κ1) is 10.1. The van der Waals surface area contributed by atoms with E-state index in [2.05, 4.69) is 41.7 Å². The molecule has 1 unspecified atom stereocenters. The van der Waals surface area contributed by atoms with Crippen LogP contribution in [0.3, 0.4) is 0 Å². The highest BCUT2D eigenvalue weighted by Crippen LogP contribution is 2.30. The van der Waals surface area contributed by atoms with Gasteiger partial charge in [-0.1, -0.05) is 6.92 Å². The van der Waals surface area contributed by atoms with Crippen LogP contribution in [0.2, 0.25) is 0 Å². The number of hydrogen-bond donors (Lipinski definition) is 0. The summed E-state index contributed by atoms with van der Waals surface area (Å²) in [5.41, 5.74) is 1.40. The Balaban J connectivity index is 2.03. The summed E-state index contributed by atoms with van der Waals surface area (Å²) < 4.78 is 2.39. The van der Waals surface area contributed by atoms with Crippen LogP contribution in [0.4, 0.5) is 0 Å². The lowest BCUT2D eigenvalue weighted by atomic mass is 9.99. The summed E-state index contributed by atoms with van der Waals surface area (Å²) in [7, 11) is 0. The molecular weight excluding hydrogens is 216 g/mol. The molecule has 16 heavy (non-hydrogen) atoms. The summed E-state index contributed by atoms with van der Waals surface area (Å²) in [5.74, 6) is 1.97. The summed E-state index contributed by atoms with van der Waals surface area (Å²) in [6.45, 7) is 5.60. The number of hydrogen-bond acceptors (Lipinski definition) is 2. The first-order chi connectivity index (χ1) is 7.74. The Kier molecular flexibility index (Phi) is 2.36. The molecule has 0 aliphatic carbocycles. The minimum absolute atomic E-state index is 0.808. The zero-order chi connectivity index (χ0) is 11.1. The lowest BCUT2D eigenvalue weighted by molar-refractivity contribution is 0.419. The zero-order valence-electron chi connectivity index (χ0n) is 9.73. The molecule has 2 nitrogen and oxygen atoms in total. The minimum atomic E-state index is 0.808. The monoisotopic (exact) mass is 232 g/mol. The van der Waals surface area contributed by atoms with Crippen molar-refractivity contribution in [3.8, 4) is 10.7 Å². The smallest absolute Gasteiger partial charge is 0.150 e. The molecule has 1 atom stereocenters. The van der Waals surface area contributed by atoms with E-state index in [1.807, 2.05) is 11.3 Å². The number of nitrogens with zero attached hydrogens (tertiary/aromatic N) is 2. The van der Waals surface area contributed by atoms with Gasteiger partial charge in [0.1, 0.15) is 5.82 Å². The molecule has 0 amide bonds. The van der Waals surface area contributed by atoms with Gasteiger partial charge in [0.15, 0.2) is 0 Å². The van der Waals surface area contributed by atoms with Crippen LogP contribution in [0.25, 0.3) is 10.7 Å². The van der Waals surface area contributed by atoms with E-state index >= 15 is 0 Å². The first-order valence-corrected chi connectivity index (χ1v) is 6.67. The predicted molar refractivity (Wildman–Crippen MR) is 67.8 cm³/mol. The van der Waals surface area contributed by atoms with Gasteiger partial charge in [-0.25, -0.2) is 4.98 Å². The van der Waals surface area contributed by atoms with E-state index in [0.29, 0.717) is 0 Å². The third-order valence-electron chi connectivity index (χ3n) is 3.30. The number of fused-ring (bicyclic) bond motifs is 1. The van der Waals surface area contributed by atoms with Crippen LogP contribution in [0, 0.1) is 12.8 Å². The molecule has 0 aromatic carbocycles. The third-order valence-corrected chi connectivity index (χ3v) is 4.30. The minimum Gasteiger partial charge on any atom is -0.327 e. The van der Waals surface area contributed by atoms with Crippen LogP contribution in [-0.2, 0) is 13.0 Å². The maximum Gasteiger partial charge on any atom is 0.150 e. The fourth-order valence-electron chi connectivity index (χ4n) is 2.38. The largest absolute Gasteiger partial charge is 0.327 e. The number of aromatic nitrogens is 2. The number of thiophene rings is 1. The van der Waals surface area contributed by atoms with Crippen molar-refractivity contribution in [2.75, 3.05) is 0 Å². The van der Waals surface area contributed by atoms with E-state index in [1.165, 1.54) is 34.1 Å². The van der Waals surface area contributed by atoms with Crippen LogP contribution in [0.15, 0.2) is 18.3 Å². The van der Waals surface area contributed by atoms with Crippen molar-refractivity contribution in [1.82, 2.24) is 9.55 Å². The van der Waals surface area contributed by atoms with Crippen LogP contribution in [0.5, 0.6) is 0 Å². The molecule has 0 radical (unpaired) electrons. The van der Waals surface area contributed by atoms with Crippen LogP contribution in [0.1, 0.15) is 23.9 Å². The number of imidazole rings is 1. The standard InChI is InChI=1S/C13H16N2S/c1-9-5-6-15-11(7-9)8-14-13(15)12-4-3-10(2)16-12/h3-4,8-9H,5-7H2,1-2H3. The molecule has 1 aliphatic rings. The highest BCUT2D eigenvalue weighted by atomic mass is 32.1. The fraction of sp³-hybridized carbons (Fsp3) is 0.462. The molecule has 3 rings (SSSR count). The number of rotatable bonds is 1. The Morgan fingerprint density at radius 3 is 3.06 bits per heavy atom. The molecule has 2 aromatic heterocycles. The zero-order valence-corrected chi connectivity index (χ0v) is 10.5. The SMILES string of the molecule is Cc1ccc(-c2ncc3n2CCC(C)C3)s1. The topological polar surface area (TPSA) is 17.8 Å². The summed E-state index contributed by atoms with van der Waals surface area (Å²) in [6, 6.07) is 4.36. The molecule has 0 saturated carbocycles. The van der Waals surface area contributed by atoms with Gasteiger partial charge >= 0.3 is 0 Å². The maximum absolute atomic E-state index is 4.59. The van der Waals surface area contributed by atoms with Gasteiger partial charge in [-0.15, -0.1) is 11.3 Å². The Bertz CT molecular complexity index is 510. The van der Waals surface area contributed by atoms with Crippen molar-refractivity contribution >= 4 is 11.3 Å². The molecule has 0 spiro atoms. The summed E-state index contributed by atoms with van der Waals surface area (Å²) >= 11 is 1.84. The van der Waals surface area contributed by atoms with E-state index in [0.717, 1.165) is 12.5 Å².